The lowest BCUT2D eigenvalue weighted by Crippen LogP contribution is -2.06. The van der Waals surface area contributed by atoms with E-state index in [1.165, 1.54) is 13.2 Å². The Bertz CT molecular complexity index is 711. The number of hydrogen-bond donors (Lipinski definition) is 0. The zero-order valence-corrected chi connectivity index (χ0v) is 12.6. The molecule has 2 aromatic carbocycles. The second-order valence-electron chi connectivity index (χ2n) is 4.67. The third-order valence-corrected chi connectivity index (χ3v) is 3.18. The van der Waals surface area contributed by atoms with Crippen LogP contribution >= 0.6 is 0 Å². The van der Waals surface area contributed by atoms with Crippen molar-refractivity contribution >= 4 is 5.97 Å². The largest absolute Gasteiger partial charge is 0.489 e. The van der Waals surface area contributed by atoms with Crippen LogP contribution in [-0.2, 0) is 11.3 Å². The highest BCUT2D eigenvalue weighted by Gasteiger charge is 2.09. The molecule has 2 rings (SSSR count). The Morgan fingerprint density at radius 3 is 2.39 bits per heavy atom. The summed E-state index contributed by atoms with van der Waals surface area (Å²) >= 11 is 0. The molecular weight excluding hydrogens is 302 g/mol. The number of methoxy groups -OCH3 is 1. The van der Waals surface area contributed by atoms with Crippen LogP contribution in [-0.4, -0.2) is 18.2 Å². The fourth-order valence-corrected chi connectivity index (χ4v) is 1.95. The van der Waals surface area contributed by atoms with Gasteiger partial charge in [0.05, 0.1) is 12.7 Å². The van der Waals surface area contributed by atoms with Gasteiger partial charge in [-0.3, -0.25) is 4.84 Å². The number of benzene rings is 2. The number of carbonyl (C=O) groups is 1. The minimum atomic E-state index is -0.863. The van der Waals surface area contributed by atoms with Crippen molar-refractivity contribution in [3.63, 3.8) is 0 Å². The molecule has 23 heavy (non-hydrogen) atoms. The molecule has 0 atom stereocenters. The normalized spacial score (nSPS) is 10.0. The highest BCUT2D eigenvalue weighted by atomic mass is 17.0. The van der Waals surface area contributed by atoms with Crippen molar-refractivity contribution in [2.75, 3.05) is 7.11 Å². The molecule has 0 bridgehead atoms. The smallest absolute Gasteiger partial charge is 0.337 e. The molecule has 0 aromatic heterocycles. The Morgan fingerprint density at radius 1 is 1.13 bits per heavy atom. The second-order valence-corrected chi connectivity index (χ2v) is 4.67. The van der Waals surface area contributed by atoms with Crippen molar-refractivity contribution in [2.45, 2.75) is 13.5 Å². The Kier molecular flexibility index (Phi) is 5.14. The van der Waals surface area contributed by atoms with Crippen LogP contribution in [0.1, 0.15) is 21.5 Å². The third kappa shape index (κ3) is 4.19. The molecule has 0 aliphatic heterocycles. The molecule has 0 aliphatic carbocycles. The Balaban J connectivity index is 2.06. The molecule has 120 valence electrons. The summed E-state index contributed by atoms with van der Waals surface area (Å²) in [4.78, 5) is 26.3. The van der Waals surface area contributed by atoms with E-state index in [1.807, 2.05) is 0 Å². The molecule has 2 aromatic rings. The highest BCUT2D eigenvalue weighted by Crippen LogP contribution is 2.28. The van der Waals surface area contributed by atoms with Gasteiger partial charge in [0, 0.05) is 5.56 Å². The molecule has 0 spiro atoms. The van der Waals surface area contributed by atoms with Gasteiger partial charge in [0.25, 0.3) is 5.09 Å². The molecule has 0 unspecified atom stereocenters. The Hall–Kier alpha value is -3.09. The maximum Gasteiger partial charge on any atom is 0.337 e. The summed E-state index contributed by atoms with van der Waals surface area (Å²) in [5.41, 5.74) is 1.84. The van der Waals surface area contributed by atoms with Gasteiger partial charge in [0.15, 0.2) is 0 Å². The number of hydrogen-bond acceptors (Lipinski definition) is 6. The number of ether oxygens (including phenoxy) is 2. The molecule has 0 heterocycles. The van der Waals surface area contributed by atoms with Gasteiger partial charge in [0.2, 0.25) is 0 Å². The first kappa shape index (κ1) is 16.3. The molecule has 0 N–H and O–H groups in total. The van der Waals surface area contributed by atoms with Gasteiger partial charge >= 0.3 is 5.97 Å². The minimum absolute atomic E-state index is 0.133. The zero-order valence-electron chi connectivity index (χ0n) is 12.6. The van der Waals surface area contributed by atoms with E-state index >= 15 is 0 Å². The fourth-order valence-electron chi connectivity index (χ4n) is 1.95. The van der Waals surface area contributed by atoms with E-state index in [1.54, 1.807) is 43.3 Å². The quantitative estimate of drug-likeness (QED) is 0.462. The fraction of sp³-hybridized carbons (Fsp3) is 0.188. The molecule has 0 saturated heterocycles. The molecule has 0 fully saturated rings. The maximum atomic E-state index is 11.4. The van der Waals surface area contributed by atoms with E-state index in [-0.39, 0.29) is 12.4 Å². The first-order valence-corrected chi connectivity index (χ1v) is 6.73. The van der Waals surface area contributed by atoms with Crippen LogP contribution in [0.4, 0.5) is 0 Å². The van der Waals surface area contributed by atoms with Crippen LogP contribution in [0.3, 0.4) is 0 Å². The van der Waals surface area contributed by atoms with Crippen molar-refractivity contribution in [1.29, 1.82) is 0 Å². The molecule has 7 heteroatoms. The van der Waals surface area contributed by atoms with Crippen molar-refractivity contribution < 1.29 is 24.2 Å². The number of esters is 1. The van der Waals surface area contributed by atoms with Gasteiger partial charge in [-0.05, 0) is 36.8 Å². The predicted molar refractivity (Wildman–Crippen MR) is 80.9 cm³/mol. The predicted octanol–water partition coefficient (Wildman–Crippen LogP) is 2.93. The van der Waals surface area contributed by atoms with Crippen molar-refractivity contribution in [3.8, 4) is 11.5 Å². The van der Waals surface area contributed by atoms with E-state index < -0.39 is 11.1 Å². The zero-order chi connectivity index (χ0) is 16.8. The average Bonchev–Trinajstić information content (AvgIpc) is 2.55. The standard InChI is InChI=1S/C16H15NO6/c1-11-14(4-3-5-15(11)23-17(19)20)22-10-12-6-8-13(9-7-12)16(18)21-2/h3-9H,10H2,1-2H3. The molecule has 7 nitrogen and oxygen atoms in total. The van der Waals surface area contributed by atoms with E-state index in [0.29, 0.717) is 16.9 Å². The topological polar surface area (TPSA) is 87.9 Å². The van der Waals surface area contributed by atoms with Gasteiger partial charge in [0.1, 0.15) is 18.1 Å². The summed E-state index contributed by atoms with van der Waals surface area (Å²) < 4.78 is 10.3. The van der Waals surface area contributed by atoms with E-state index in [2.05, 4.69) is 9.57 Å². The molecule has 0 radical (unpaired) electrons. The van der Waals surface area contributed by atoms with E-state index in [9.17, 15) is 14.9 Å². The van der Waals surface area contributed by atoms with E-state index in [0.717, 1.165) is 5.56 Å². The first-order valence-electron chi connectivity index (χ1n) is 6.73. The lowest BCUT2D eigenvalue weighted by Gasteiger charge is -2.11. The second kappa shape index (κ2) is 7.26. The van der Waals surface area contributed by atoms with Crippen LogP contribution in [0.5, 0.6) is 11.5 Å². The number of rotatable bonds is 6. The monoisotopic (exact) mass is 317 g/mol. The molecule has 0 aliphatic rings. The summed E-state index contributed by atoms with van der Waals surface area (Å²) in [7, 11) is 1.32. The van der Waals surface area contributed by atoms with Crippen molar-refractivity contribution in [2.24, 2.45) is 0 Å². The number of carbonyl (C=O) groups excluding carboxylic acids is 1. The molecule has 0 saturated carbocycles. The van der Waals surface area contributed by atoms with Gasteiger partial charge in [-0.1, -0.05) is 18.2 Å². The first-order chi connectivity index (χ1) is 11.0. The van der Waals surface area contributed by atoms with Crippen LogP contribution in [0.25, 0.3) is 0 Å². The maximum absolute atomic E-state index is 11.4. The summed E-state index contributed by atoms with van der Waals surface area (Å²) in [5.74, 6) is 0.216. The average molecular weight is 317 g/mol. The lowest BCUT2D eigenvalue weighted by molar-refractivity contribution is -0.711. The summed E-state index contributed by atoms with van der Waals surface area (Å²) in [6.07, 6.45) is 0. The van der Waals surface area contributed by atoms with Gasteiger partial charge in [-0.25, -0.2) is 4.79 Å². The summed E-state index contributed by atoms with van der Waals surface area (Å²) in [6, 6.07) is 11.6. The van der Waals surface area contributed by atoms with Crippen molar-refractivity contribution in [1.82, 2.24) is 0 Å². The van der Waals surface area contributed by atoms with Gasteiger partial charge < -0.3 is 9.47 Å². The third-order valence-electron chi connectivity index (χ3n) is 3.18. The van der Waals surface area contributed by atoms with Gasteiger partial charge in [-0.2, -0.15) is 0 Å². The highest BCUT2D eigenvalue weighted by molar-refractivity contribution is 5.89. The molecule has 0 amide bonds. The van der Waals surface area contributed by atoms with Crippen LogP contribution in [0, 0.1) is 17.0 Å². The van der Waals surface area contributed by atoms with Crippen LogP contribution in [0.15, 0.2) is 42.5 Å². The van der Waals surface area contributed by atoms with Crippen molar-refractivity contribution in [3.05, 3.63) is 69.3 Å². The Morgan fingerprint density at radius 2 is 1.78 bits per heavy atom. The SMILES string of the molecule is COC(=O)c1ccc(COc2cccc(O[N+](=O)[O-])c2C)cc1. The summed E-state index contributed by atoms with van der Waals surface area (Å²) in [6.45, 7) is 1.93. The minimum Gasteiger partial charge on any atom is -0.489 e. The lowest BCUT2D eigenvalue weighted by atomic mass is 10.1. The van der Waals surface area contributed by atoms with E-state index in [4.69, 9.17) is 4.74 Å². The summed E-state index contributed by atoms with van der Waals surface area (Å²) in [5, 5.41) is 9.56. The Labute approximate surface area is 132 Å². The number of nitrogens with zero attached hydrogens (tertiary/aromatic N) is 1. The van der Waals surface area contributed by atoms with Gasteiger partial charge in [-0.15, -0.1) is 10.1 Å². The molecular formula is C16H15NO6. The van der Waals surface area contributed by atoms with Crippen LogP contribution in [0.2, 0.25) is 0 Å². The van der Waals surface area contributed by atoms with Crippen LogP contribution < -0.4 is 9.57 Å².